The van der Waals surface area contributed by atoms with Crippen molar-refractivity contribution in [2.24, 2.45) is 11.8 Å². The highest BCUT2D eigenvalue weighted by Crippen LogP contribution is 2.13. The Labute approximate surface area is 162 Å². The van der Waals surface area contributed by atoms with Crippen LogP contribution in [0.2, 0.25) is 0 Å². The normalized spacial score (nSPS) is 12.4. The average molecular weight is 395 g/mol. The molecule has 2 rings (SSSR count). The van der Waals surface area contributed by atoms with E-state index in [2.05, 4.69) is 47.5 Å². The van der Waals surface area contributed by atoms with Crippen molar-refractivity contribution in [1.29, 1.82) is 0 Å². The fraction of sp³-hybridized carbons (Fsp3) is 0.611. The predicted octanol–water partition coefficient (Wildman–Crippen LogP) is 2.39. The summed E-state index contributed by atoms with van der Waals surface area (Å²) < 4.78 is 31.6. The molecule has 0 radical (unpaired) electrons. The first-order chi connectivity index (χ1) is 12.8. The standard InChI is InChI=1S/C18H30N6O2S/c1-15(2)7-10-23(11-8-16(3)4)27(25,26)22-12-17-6-5-9-20-18(17)24-14-19-13-21-24/h5-6,9,13-16,22H,7-8,10-12H2,1-4H3. The van der Waals surface area contributed by atoms with E-state index in [1.807, 2.05) is 6.07 Å². The predicted molar refractivity (Wildman–Crippen MR) is 105 cm³/mol. The summed E-state index contributed by atoms with van der Waals surface area (Å²) in [5, 5.41) is 4.08. The van der Waals surface area contributed by atoms with Crippen LogP contribution in [-0.4, -0.2) is 45.6 Å². The van der Waals surface area contributed by atoms with Crippen LogP contribution in [-0.2, 0) is 16.8 Å². The van der Waals surface area contributed by atoms with E-state index in [1.54, 1.807) is 16.6 Å². The Balaban J connectivity index is 2.11. The van der Waals surface area contributed by atoms with Gasteiger partial charge in [0.2, 0.25) is 0 Å². The lowest BCUT2D eigenvalue weighted by atomic mass is 10.1. The maximum atomic E-state index is 12.9. The lowest BCUT2D eigenvalue weighted by molar-refractivity contribution is 0.352. The molecule has 0 aliphatic rings. The van der Waals surface area contributed by atoms with Crippen molar-refractivity contribution in [3.63, 3.8) is 0 Å². The van der Waals surface area contributed by atoms with E-state index in [0.29, 0.717) is 30.7 Å². The van der Waals surface area contributed by atoms with Gasteiger partial charge in [0.05, 0.1) is 0 Å². The molecular weight excluding hydrogens is 364 g/mol. The molecule has 0 aliphatic carbocycles. The third kappa shape index (κ3) is 6.67. The highest BCUT2D eigenvalue weighted by atomic mass is 32.2. The van der Waals surface area contributed by atoms with Gasteiger partial charge in [-0.3, -0.25) is 0 Å². The molecule has 8 nitrogen and oxygen atoms in total. The Morgan fingerprint density at radius 2 is 1.81 bits per heavy atom. The summed E-state index contributed by atoms with van der Waals surface area (Å²) in [5.41, 5.74) is 0.735. The molecule has 2 aromatic rings. The largest absolute Gasteiger partial charge is 0.279 e. The van der Waals surface area contributed by atoms with Gasteiger partial charge in [0.25, 0.3) is 10.2 Å². The van der Waals surface area contributed by atoms with Crippen LogP contribution in [0.1, 0.15) is 46.1 Å². The van der Waals surface area contributed by atoms with E-state index >= 15 is 0 Å². The Morgan fingerprint density at radius 1 is 1.15 bits per heavy atom. The Hall–Kier alpha value is -1.84. The smallest absolute Gasteiger partial charge is 0.237 e. The minimum Gasteiger partial charge on any atom is -0.237 e. The van der Waals surface area contributed by atoms with E-state index in [9.17, 15) is 8.42 Å². The summed E-state index contributed by atoms with van der Waals surface area (Å²) >= 11 is 0. The molecule has 2 heterocycles. The molecule has 1 N–H and O–H groups in total. The van der Waals surface area contributed by atoms with Crippen LogP contribution in [0.25, 0.3) is 5.82 Å². The first kappa shape index (κ1) is 21.5. The van der Waals surface area contributed by atoms with Gasteiger partial charge in [-0.05, 0) is 30.7 Å². The number of hydrogen-bond donors (Lipinski definition) is 1. The number of pyridine rings is 1. The molecule has 0 aliphatic heterocycles. The highest BCUT2D eigenvalue weighted by Gasteiger charge is 2.22. The minimum atomic E-state index is -3.59. The molecule has 0 atom stereocenters. The quantitative estimate of drug-likeness (QED) is 0.632. The number of hydrogen-bond acceptors (Lipinski definition) is 5. The van der Waals surface area contributed by atoms with E-state index < -0.39 is 10.2 Å². The van der Waals surface area contributed by atoms with E-state index in [0.717, 1.165) is 18.4 Å². The molecule has 27 heavy (non-hydrogen) atoms. The third-order valence-electron chi connectivity index (χ3n) is 4.20. The van der Waals surface area contributed by atoms with Crippen molar-refractivity contribution in [3.8, 4) is 5.82 Å². The van der Waals surface area contributed by atoms with Gasteiger partial charge in [-0.25, -0.2) is 14.6 Å². The molecule has 0 saturated carbocycles. The zero-order chi connectivity index (χ0) is 19.9. The summed E-state index contributed by atoms with van der Waals surface area (Å²) in [4.78, 5) is 8.22. The van der Waals surface area contributed by atoms with Crippen molar-refractivity contribution in [2.75, 3.05) is 13.1 Å². The minimum absolute atomic E-state index is 0.144. The van der Waals surface area contributed by atoms with Gasteiger partial charge in [-0.1, -0.05) is 33.8 Å². The van der Waals surface area contributed by atoms with Crippen LogP contribution in [0.5, 0.6) is 0 Å². The lowest BCUT2D eigenvalue weighted by Crippen LogP contribution is -2.42. The molecule has 9 heteroatoms. The molecule has 0 unspecified atom stereocenters. The van der Waals surface area contributed by atoms with Crippen LogP contribution in [0.4, 0.5) is 0 Å². The summed E-state index contributed by atoms with van der Waals surface area (Å²) in [6.07, 6.45) is 6.26. The van der Waals surface area contributed by atoms with Gasteiger partial charge >= 0.3 is 0 Å². The van der Waals surface area contributed by atoms with E-state index in [4.69, 9.17) is 0 Å². The molecular formula is C18H30N6O2S. The number of rotatable bonds is 11. The van der Waals surface area contributed by atoms with Crippen LogP contribution < -0.4 is 4.72 Å². The Kier molecular flexibility index (Phi) is 7.88. The van der Waals surface area contributed by atoms with Gasteiger partial charge < -0.3 is 0 Å². The summed E-state index contributed by atoms with van der Waals surface area (Å²) in [6.45, 7) is 9.57. The molecule has 0 fully saturated rings. The fourth-order valence-corrected chi connectivity index (χ4v) is 3.72. The van der Waals surface area contributed by atoms with Gasteiger partial charge in [0.15, 0.2) is 5.82 Å². The Bertz CT molecular complexity index is 778. The molecule has 0 spiro atoms. The second-order valence-electron chi connectivity index (χ2n) is 7.42. The first-order valence-electron chi connectivity index (χ1n) is 9.33. The Morgan fingerprint density at radius 3 is 2.37 bits per heavy atom. The van der Waals surface area contributed by atoms with Crippen molar-refractivity contribution in [1.82, 2.24) is 28.8 Å². The number of aromatic nitrogens is 4. The summed E-state index contributed by atoms with van der Waals surface area (Å²) in [7, 11) is -3.59. The average Bonchev–Trinajstić information content (AvgIpc) is 3.14. The van der Waals surface area contributed by atoms with E-state index in [1.165, 1.54) is 17.3 Å². The number of nitrogens with zero attached hydrogens (tertiary/aromatic N) is 5. The molecule has 0 aromatic carbocycles. The van der Waals surface area contributed by atoms with E-state index in [-0.39, 0.29) is 6.54 Å². The molecule has 150 valence electrons. The zero-order valence-electron chi connectivity index (χ0n) is 16.5. The van der Waals surface area contributed by atoms with Gasteiger partial charge in [0, 0.05) is 31.4 Å². The van der Waals surface area contributed by atoms with Gasteiger partial charge in [0.1, 0.15) is 12.7 Å². The summed E-state index contributed by atoms with van der Waals surface area (Å²) in [6, 6.07) is 3.61. The molecule has 0 amide bonds. The summed E-state index contributed by atoms with van der Waals surface area (Å²) in [5.74, 6) is 1.45. The van der Waals surface area contributed by atoms with Crippen molar-refractivity contribution < 1.29 is 8.42 Å². The van der Waals surface area contributed by atoms with Gasteiger partial charge in [-0.15, -0.1) is 0 Å². The maximum Gasteiger partial charge on any atom is 0.279 e. The van der Waals surface area contributed by atoms with Gasteiger partial charge in [-0.2, -0.15) is 22.5 Å². The second-order valence-corrected chi connectivity index (χ2v) is 9.17. The van der Waals surface area contributed by atoms with Crippen molar-refractivity contribution in [3.05, 3.63) is 36.5 Å². The lowest BCUT2D eigenvalue weighted by Gasteiger charge is -2.24. The van der Waals surface area contributed by atoms with Crippen molar-refractivity contribution in [2.45, 2.75) is 47.1 Å². The molecule has 2 aromatic heterocycles. The van der Waals surface area contributed by atoms with Crippen LogP contribution >= 0.6 is 0 Å². The SMILES string of the molecule is CC(C)CCN(CCC(C)C)S(=O)(=O)NCc1cccnc1-n1cncn1. The first-order valence-corrected chi connectivity index (χ1v) is 10.8. The monoisotopic (exact) mass is 394 g/mol. The van der Waals surface area contributed by atoms with Crippen molar-refractivity contribution >= 4 is 10.2 Å². The van der Waals surface area contributed by atoms with Crippen LogP contribution in [0.15, 0.2) is 31.0 Å². The van der Waals surface area contributed by atoms with Crippen LogP contribution in [0, 0.1) is 11.8 Å². The highest BCUT2D eigenvalue weighted by molar-refractivity contribution is 7.87. The number of nitrogens with one attached hydrogen (secondary N) is 1. The third-order valence-corrected chi connectivity index (χ3v) is 5.75. The molecule has 0 saturated heterocycles. The second kappa shape index (κ2) is 9.91. The fourth-order valence-electron chi connectivity index (χ4n) is 2.51. The van der Waals surface area contributed by atoms with Crippen LogP contribution in [0.3, 0.4) is 0 Å². The zero-order valence-corrected chi connectivity index (χ0v) is 17.4. The molecule has 0 bridgehead atoms. The maximum absolute atomic E-state index is 12.9. The topological polar surface area (TPSA) is 93.0 Å².